The summed E-state index contributed by atoms with van der Waals surface area (Å²) in [5, 5.41) is 0. The summed E-state index contributed by atoms with van der Waals surface area (Å²) in [7, 11) is 0. The minimum Gasteiger partial charge on any atom is -0.377 e. The Kier molecular flexibility index (Phi) is 4.54. The summed E-state index contributed by atoms with van der Waals surface area (Å²) in [5.74, 6) is 0. The number of nitrogens with zero attached hydrogens (tertiary/aromatic N) is 1. The van der Waals surface area contributed by atoms with Gasteiger partial charge in [0.15, 0.2) is 0 Å². The second-order valence-corrected chi connectivity index (χ2v) is 4.68. The Balaban J connectivity index is 2.73. The van der Waals surface area contributed by atoms with Crippen molar-refractivity contribution in [1.82, 2.24) is 4.57 Å². The maximum absolute atomic E-state index is 11.7. The van der Waals surface area contributed by atoms with Crippen LogP contribution in [0.3, 0.4) is 0 Å². The molecule has 0 fully saturated rings. The molecule has 0 aliphatic heterocycles. The molecule has 0 saturated carbocycles. The Morgan fingerprint density at radius 3 is 2.80 bits per heavy atom. The topological polar surface area (TPSA) is 31.2 Å². The van der Waals surface area contributed by atoms with Crippen molar-refractivity contribution in [3.63, 3.8) is 0 Å². The normalized spacial score (nSPS) is 11.0. The number of hydrogen-bond donors (Lipinski definition) is 0. The lowest BCUT2D eigenvalue weighted by molar-refractivity contribution is 0.0722. The monoisotopic (exact) mass is 273 g/mol. The van der Waals surface area contributed by atoms with Crippen LogP contribution in [0, 0.1) is 6.92 Å². The van der Waals surface area contributed by atoms with Gasteiger partial charge in [0.05, 0.1) is 12.7 Å². The van der Waals surface area contributed by atoms with Gasteiger partial charge in [-0.2, -0.15) is 0 Å². The molecule has 0 radical (unpaired) electrons. The largest absolute Gasteiger partial charge is 0.377 e. The number of aryl methyl sites for hydroxylation is 1. The first kappa shape index (κ1) is 12.5. The number of hydrogen-bond acceptors (Lipinski definition) is 2. The van der Waals surface area contributed by atoms with Crippen LogP contribution in [0.1, 0.15) is 19.4 Å². The first-order chi connectivity index (χ1) is 7.00. The molecule has 0 amide bonds. The number of rotatable bonds is 4. The molecule has 0 N–H and O–H groups in total. The lowest BCUT2D eigenvalue weighted by Gasteiger charge is -2.10. The molecule has 3 nitrogen and oxygen atoms in total. The summed E-state index contributed by atoms with van der Waals surface area (Å²) in [5.41, 5.74) is 0.791. The molecule has 4 heteroatoms. The average Bonchev–Trinajstić information content (AvgIpc) is 2.12. The second kappa shape index (κ2) is 5.47. The van der Waals surface area contributed by atoms with Gasteiger partial charge in [-0.15, -0.1) is 0 Å². The average molecular weight is 274 g/mol. The molecular weight excluding hydrogens is 258 g/mol. The minimum absolute atomic E-state index is 0.0468. The molecule has 0 aliphatic rings. The maximum Gasteiger partial charge on any atom is 0.253 e. The predicted molar refractivity (Wildman–Crippen MR) is 64.2 cm³/mol. The van der Waals surface area contributed by atoms with E-state index in [1.54, 1.807) is 10.8 Å². The number of halogens is 1. The molecule has 15 heavy (non-hydrogen) atoms. The molecule has 0 atom stereocenters. The fourth-order valence-electron chi connectivity index (χ4n) is 1.29. The molecule has 0 aromatic carbocycles. The van der Waals surface area contributed by atoms with Crippen LogP contribution >= 0.6 is 15.9 Å². The zero-order valence-corrected chi connectivity index (χ0v) is 10.9. The van der Waals surface area contributed by atoms with Crippen LogP contribution in [0.25, 0.3) is 0 Å². The summed E-state index contributed by atoms with van der Waals surface area (Å²) in [6.07, 6.45) is 1.99. The summed E-state index contributed by atoms with van der Waals surface area (Å²) >= 11 is 3.37. The lowest BCUT2D eigenvalue weighted by atomic mass is 10.3. The molecule has 0 bridgehead atoms. The van der Waals surface area contributed by atoms with Crippen LogP contribution in [0.4, 0.5) is 0 Å². The van der Waals surface area contributed by atoms with Crippen LogP contribution in [0.15, 0.2) is 21.5 Å². The molecule has 0 spiro atoms. The van der Waals surface area contributed by atoms with E-state index in [0.717, 1.165) is 10.0 Å². The van der Waals surface area contributed by atoms with Crippen molar-refractivity contribution in [2.45, 2.75) is 33.4 Å². The van der Waals surface area contributed by atoms with Crippen molar-refractivity contribution < 1.29 is 4.74 Å². The summed E-state index contributed by atoms with van der Waals surface area (Å²) < 4.78 is 7.99. The Bertz CT molecular complexity index is 385. The van der Waals surface area contributed by atoms with E-state index in [1.165, 1.54) is 0 Å². The lowest BCUT2D eigenvalue weighted by Crippen LogP contribution is -2.24. The molecule has 0 aliphatic carbocycles. The summed E-state index contributed by atoms with van der Waals surface area (Å²) in [6.45, 7) is 6.93. The second-order valence-electron chi connectivity index (χ2n) is 3.76. The molecule has 0 saturated heterocycles. The quantitative estimate of drug-likeness (QED) is 0.844. The molecule has 1 rings (SSSR count). The van der Waals surface area contributed by atoms with Gasteiger partial charge < -0.3 is 9.30 Å². The minimum atomic E-state index is 0.0468. The molecule has 84 valence electrons. The molecule has 1 heterocycles. The van der Waals surface area contributed by atoms with Gasteiger partial charge in [-0.05, 0) is 42.8 Å². The first-order valence-corrected chi connectivity index (χ1v) is 5.78. The van der Waals surface area contributed by atoms with Gasteiger partial charge in [0, 0.05) is 22.8 Å². The van der Waals surface area contributed by atoms with Crippen LogP contribution in [0.5, 0.6) is 0 Å². The van der Waals surface area contributed by atoms with Gasteiger partial charge in [-0.3, -0.25) is 4.79 Å². The van der Waals surface area contributed by atoms with Gasteiger partial charge >= 0.3 is 0 Å². The Hall–Kier alpha value is -0.610. The van der Waals surface area contributed by atoms with E-state index in [9.17, 15) is 4.79 Å². The van der Waals surface area contributed by atoms with Gasteiger partial charge in [0.2, 0.25) is 0 Å². The van der Waals surface area contributed by atoms with Gasteiger partial charge in [0.1, 0.15) is 0 Å². The van der Waals surface area contributed by atoms with E-state index < -0.39 is 0 Å². The Morgan fingerprint density at radius 2 is 2.20 bits per heavy atom. The molecular formula is C11H16BrNO2. The smallest absolute Gasteiger partial charge is 0.253 e. The van der Waals surface area contributed by atoms with Crippen molar-refractivity contribution in [2.24, 2.45) is 0 Å². The van der Waals surface area contributed by atoms with E-state index in [-0.39, 0.29) is 11.7 Å². The van der Waals surface area contributed by atoms with Crippen molar-refractivity contribution >= 4 is 15.9 Å². The van der Waals surface area contributed by atoms with E-state index in [4.69, 9.17) is 4.74 Å². The van der Waals surface area contributed by atoms with E-state index in [0.29, 0.717) is 13.2 Å². The molecule has 0 unspecified atom stereocenters. The van der Waals surface area contributed by atoms with Crippen LogP contribution < -0.4 is 5.56 Å². The fourth-order valence-corrected chi connectivity index (χ4v) is 1.88. The van der Waals surface area contributed by atoms with E-state index in [1.807, 2.05) is 26.8 Å². The third kappa shape index (κ3) is 3.80. The SMILES string of the molecule is Cc1cc(Br)cn(CCOC(C)C)c1=O. The zero-order chi connectivity index (χ0) is 11.4. The number of aromatic nitrogens is 1. The third-order valence-corrected chi connectivity index (χ3v) is 2.45. The molecule has 1 aromatic rings. The van der Waals surface area contributed by atoms with E-state index >= 15 is 0 Å². The van der Waals surface area contributed by atoms with E-state index in [2.05, 4.69) is 15.9 Å². The summed E-state index contributed by atoms with van der Waals surface area (Å²) in [6, 6.07) is 1.82. The fraction of sp³-hybridized carbons (Fsp3) is 0.545. The van der Waals surface area contributed by atoms with Crippen molar-refractivity contribution in [1.29, 1.82) is 0 Å². The number of ether oxygens (including phenoxy) is 1. The molecule has 1 aromatic heterocycles. The maximum atomic E-state index is 11.7. The van der Waals surface area contributed by atoms with Crippen molar-refractivity contribution in [3.05, 3.63) is 32.7 Å². The van der Waals surface area contributed by atoms with Crippen LogP contribution in [0.2, 0.25) is 0 Å². The number of pyridine rings is 1. The predicted octanol–water partition coefficient (Wildman–Crippen LogP) is 2.34. The highest BCUT2D eigenvalue weighted by Gasteiger charge is 2.02. The van der Waals surface area contributed by atoms with Gasteiger partial charge in [0.25, 0.3) is 5.56 Å². The van der Waals surface area contributed by atoms with Crippen molar-refractivity contribution in [2.75, 3.05) is 6.61 Å². The zero-order valence-electron chi connectivity index (χ0n) is 9.29. The highest BCUT2D eigenvalue weighted by molar-refractivity contribution is 9.10. The van der Waals surface area contributed by atoms with Gasteiger partial charge in [-0.25, -0.2) is 0 Å². The highest BCUT2D eigenvalue weighted by Crippen LogP contribution is 2.07. The Morgan fingerprint density at radius 1 is 1.53 bits per heavy atom. The first-order valence-electron chi connectivity index (χ1n) is 4.99. The van der Waals surface area contributed by atoms with Gasteiger partial charge in [-0.1, -0.05) is 0 Å². The Labute approximate surface area is 98.2 Å². The van der Waals surface area contributed by atoms with Crippen molar-refractivity contribution in [3.8, 4) is 0 Å². The van der Waals surface area contributed by atoms with Crippen LogP contribution in [-0.4, -0.2) is 17.3 Å². The third-order valence-electron chi connectivity index (χ3n) is 2.02. The standard InChI is InChI=1S/C11H16BrNO2/c1-8(2)15-5-4-13-7-10(12)6-9(3)11(13)14/h6-8H,4-5H2,1-3H3. The highest BCUT2D eigenvalue weighted by atomic mass is 79.9. The van der Waals surface area contributed by atoms with Crippen LogP contribution in [-0.2, 0) is 11.3 Å². The summed E-state index contributed by atoms with van der Waals surface area (Å²) in [4.78, 5) is 11.7.